The van der Waals surface area contributed by atoms with E-state index in [4.69, 9.17) is 5.73 Å². The van der Waals surface area contributed by atoms with Crippen LogP contribution in [0.25, 0.3) is 0 Å². The maximum atomic E-state index is 12.0. The third-order valence-electron chi connectivity index (χ3n) is 3.20. The molecule has 1 atom stereocenters. The molecule has 3 N–H and O–H groups in total. The molecule has 0 bridgehead atoms. The lowest BCUT2D eigenvalue weighted by Crippen LogP contribution is -2.40. The summed E-state index contributed by atoms with van der Waals surface area (Å²) >= 11 is 0. The first-order valence-electron chi connectivity index (χ1n) is 6.50. The minimum Gasteiger partial charge on any atom is -0.324 e. The zero-order chi connectivity index (χ0) is 13.9. The van der Waals surface area contributed by atoms with Crippen molar-refractivity contribution in [3.63, 3.8) is 0 Å². The van der Waals surface area contributed by atoms with Gasteiger partial charge in [-0.1, -0.05) is 45.9 Å². The van der Waals surface area contributed by atoms with E-state index in [1.54, 1.807) is 0 Å². The molecule has 3 heteroatoms. The Morgan fingerprint density at radius 1 is 1.22 bits per heavy atom. The maximum absolute atomic E-state index is 12.0. The third-order valence-corrected chi connectivity index (χ3v) is 3.20. The van der Waals surface area contributed by atoms with E-state index in [1.807, 2.05) is 39.0 Å². The molecule has 0 heterocycles. The van der Waals surface area contributed by atoms with Gasteiger partial charge in [-0.2, -0.15) is 0 Å². The van der Waals surface area contributed by atoms with Crippen LogP contribution in [0.3, 0.4) is 0 Å². The highest BCUT2D eigenvalue weighted by Gasteiger charge is 2.19. The molecular formula is C15H24N2O. The second kappa shape index (κ2) is 6.01. The van der Waals surface area contributed by atoms with Crippen LogP contribution in [-0.4, -0.2) is 11.9 Å². The van der Waals surface area contributed by atoms with Gasteiger partial charge in [0.25, 0.3) is 0 Å². The van der Waals surface area contributed by atoms with Crippen molar-refractivity contribution in [2.24, 2.45) is 11.7 Å². The van der Waals surface area contributed by atoms with Crippen LogP contribution in [0.15, 0.2) is 18.2 Å². The van der Waals surface area contributed by atoms with Crippen LogP contribution in [0.4, 0.5) is 5.69 Å². The lowest BCUT2D eigenvalue weighted by atomic mass is 9.97. The highest BCUT2D eigenvalue weighted by Crippen LogP contribution is 2.27. The number of para-hydroxylation sites is 1. The molecule has 1 amide bonds. The van der Waals surface area contributed by atoms with Crippen molar-refractivity contribution in [2.45, 2.75) is 46.6 Å². The fourth-order valence-corrected chi connectivity index (χ4v) is 1.85. The second-order valence-electron chi connectivity index (χ2n) is 5.45. The number of aryl methyl sites for hydroxylation is 1. The lowest BCUT2D eigenvalue weighted by molar-refractivity contribution is -0.118. The summed E-state index contributed by atoms with van der Waals surface area (Å²) in [6.45, 7) is 10.1. The Morgan fingerprint density at radius 3 is 2.33 bits per heavy atom. The molecule has 100 valence electrons. The van der Waals surface area contributed by atoms with Crippen LogP contribution in [0.5, 0.6) is 0 Å². The maximum Gasteiger partial charge on any atom is 0.241 e. The Morgan fingerprint density at radius 2 is 1.83 bits per heavy atom. The third kappa shape index (κ3) is 3.33. The van der Waals surface area contributed by atoms with E-state index in [1.165, 1.54) is 0 Å². The zero-order valence-electron chi connectivity index (χ0n) is 11.9. The van der Waals surface area contributed by atoms with Crippen molar-refractivity contribution in [3.8, 4) is 0 Å². The number of benzene rings is 1. The van der Waals surface area contributed by atoms with Crippen LogP contribution >= 0.6 is 0 Å². The van der Waals surface area contributed by atoms with Gasteiger partial charge in [-0.05, 0) is 29.9 Å². The van der Waals surface area contributed by atoms with E-state index in [2.05, 4.69) is 19.2 Å². The van der Waals surface area contributed by atoms with Crippen molar-refractivity contribution in [1.82, 2.24) is 0 Å². The van der Waals surface area contributed by atoms with Gasteiger partial charge in [-0.25, -0.2) is 0 Å². The zero-order valence-corrected chi connectivity index (χ0v) is 11.9. The quantitative estimate of drug-likeness (QED) is 0.860. The number of amides is 1. The van der Waals surface area contributed by atoms with Gasteiger partial charge in [0.15, 0.2) is 0 Å². The summed E-state index contributed by atoms with van der Waals surface area (Å²) in [5.41, 5.74) is 9.01. The molecular weight excluding hydrogens is 224 g/mol. The molecule has 18 heavy (non-hydrogen) atoms. The molecule has 1 aromatic rings. The molecule has 0 aliphatic rings. The van der Waals surface area contributed by atoms with Crippen LogP contribution < -0.4 is 11.1 Å². The highest BCUT2D eigenvalue weighted by atomic mass is 16.2. The Kier molecular flexibility index (Phi) is 4.91. The van der Waals surface area contributed by atoms with Gasteiger partial charge < -0.3 is 11.1 Å². The summed E-state index contributed by atoms with van der Waals surface area (Å²) in [7, 11) is 0. The molecule has 0 saturated heterocycles. The summed E-state index contributed by atoms with van der Waals surface area (Å²) < 4.78 is 0. The van der Waals surface area contributed by atoms with Crippen LogP contribution in [0.1, 0.15) is 44.7 Å². The van der Waals surface area contributed by atoms with Gasteiger partial charge in [0.2, 0.25) is 5.91 Å². The number of nitrogens with one attached hydrogen (secondary N) is 1. The van der Waals surface area contributed by atoms with Gasteiger partial charge in [0, 0.05) is 5.69 Å². The number of rotatable bonds is 4. The van der Waals surface area contributed by atoms with Gasteiger partial charge >= 0.3 is 0 Å². The molecule has 0 aromatic heterocycles. The fraction of sp³-hybridized carbons (Fsp3) is 0.533. The second-order valence-corrected chi connectivity index (χ2v) is 5.45. The average molecular weight is 248 g/mol. The average Bonchev–Trinajstić information content (AvgIpc) is 2.30. The van der Waals surface area contributed by atoms with Crippen LogP contribution in [0.2, 0.25) is 0 Å². The smallest absolute Gasteiger partial charge is 0.241 e. The predicted molar refractivity (Wildman–Crippen MR) is 76.7 cm³/mol. The summed E-state index contributed by atoms with van der Waals surface area (Å²) in [5.74, 6) is 0.396. The number of hydrogen-bond donors (Lipinski definition) is 2. The van der Waals surface area contributed by atoms with Gasteiger partial charge in [-0.15, -0.1) is 0 Å². The number of carbonyl (C=O) groups excluding carboxylic acids is 1. The molecule has 0 aliphatic heterocycles. The molecule has 1 aromatic carbocycles. The number of nitrogens with two attached hydrogens (primary N) is 1. The van der Waals surface area contributed by atoms with E-state index in [-0.39, 0.29) is 11.8 Å². The Hall–Kier alpha value is -1.35. The first-order valence-corrected chi connectivity index (χ1v) is 6.50. The first-order chi connectivity index (χ1) is 8.34. The molecule has 3 nitrogen and oxygen atoms in total. The molecule has 0 spiro atoms. The van der Waals surface area contributed by atoms with Crippen LogP contribution in [0, 0.1) is 12.8 Å². The van der Waals surface area contributed by atoms with Gasteiger partial charge in [0.05, 0.1) is 6.04 Å². The monoisotopic (exact) mass is 248 g/mol. The fourth-order valence-electron chi connectivity index (χ4n) is 1.85. The highest BCUT2D eigenvalue weighted by molar-refractivity contribution is 5.96. The van der Waals surface area contributed by atoms with Crippen molar-refractivity contribution in [3.05, 3.63) is 29.3 Å². The van der Waals surface area contributed by atoms with E-state index >= 15 is 0 Å². The SMILES string of the molecule is Cc1cccc(C(C)C)c1NC(=O)[C@H](N)C(C)C. The molecule has 0 radical (unpaired) electrons. The number of carbonyl (C=O) groups is 1. The molecule has 0 unspecified atom stereocenters. The number of hydrogen-bond acceptors (Lipinski definition) is 2. The summed E-state index contributed by atoms with van der Waals surface area (Å²) in [5, 5.41) is 2.98. The van der Waals surface area contributed by atoms with E-state index in [9.17, 15) is 4.79 Å². The van der Waals surface area contributed by atoms with E-state index in [0.717, 1.165) is 16.8 Å². The summed E-state index contributed by atoms with van der Waals surface area (Å²) in [6, 6.07) is 5.60. The predicted octanol–water partition coefficient (Wildman–Crippen LogP) is 3.04. The first kappa shape index (κ1) is 14.7. The van der Waals surface area contributed by atoms with Crippen molar-refractivity contribution >= 4 is 11.6 Å². The largest absolute Gasteiger partial charge is 0.324 e. The van der Waals surface area contributed by atoms with Crippen molar-refractivity contribution in [1.29, 1.82) is 0 Å². The summed E-state index contributed by atoms with van der Waals surface area (Å²) in [6.07, 6.45) is 0. The Balaban J connectivity index is 3.00. The molecule has 0 fully saturated rings. The van der Waals surface area contributed by atoms with Crippen molar-refractivity contribution in [2.75, 3.05) is 5.32 Å². The van der Waals surface area contributed by atoms with E-state index < -0.39 is 6.04 Å². The lowest BCUT2D eigenvalue weighted by Gasteiger charge is -2.20. The number of anilines is 1. The Bertz CT molecular complexity index is 425. The normalized spacial score (nSPS) is 12.9. The molecule has 0 saturated carbocycles. The van der Waals surface area contributed by atoms with Crippen molar-refractivity contribution < 1.29 is 4.79 Å². The Labute approximate surface area is 110 Å². The minimum atomic E-state index is -0.468. The van der Waals surface area contributed by atoms with Crippen LogP contribution in [-0.2, 0) is 4.79 Å². The minimum absolute atomic E-state index is 0.110. The topological polar surface area (TPSA) is 55.1 Å². The summed E-state index contributed by atoms with van der Waals surface area (Å²) in [4.78, 5) is 12.0. The molecule has 0 aliphatic carbocycles. The van der Waals surface area contributed by atoms with Gasteiger partial charge in [-0.3, -0.25) is 4.79 Å². The van der Waals surface area contributed by atoms with E-state index in [0.29, 0.717) is 5.92 Å². The molecule has 1 rings (SSSR count). The standard InChI is InChI=1S/C15H24N2O/c1-9(2)12-8-6-7-11(5)14(12)17-15(18)13(16)10(3)4/h6-10,13H,16H2,1-5H3,(H,17,18)/t13-/m1/s1. The van der Waals surface area contributed by atoms with Gasteiger partial charge in [0.1, 0.15) is 0 Å².